The molecule has 0 fully saturated rings. The van der Waals surface area contributed by atoms with Crippen LogP contribution in [-0.4, -0.2) is 35.4 Å². The van der Waals surface area contributed by atoms with Crippen LogP contribution in [0.5, 0.6) is 0 Å². The van der Waals surface area contributed by atoms with Crippen molar-refractivity contribution in [3.05, 3.63) is 38.3 Å². The number of nitrogens with zero attached hydrogens (tertiary/aromatic N) is 2. The maximum atomic E-state index is 11.9. The molecule has 1 amide bonds. The molecule has 0 saturated carbocycles. The van der Waals surface area contributed by atoms with Crippen molar-refractivity contribution < 1.29 is 9.72 Å². The van der Waals surface area contributed by atoms with Crippen LogP contribution in [-0.2, 0) is 11.3 Å². The summed E-state index contributed by atoms with van der Waals surface area (Å²) in [5.41, 5.74) is 0.590. The average molecular weight is 344 g/mol. The van der Waals surface area contributed by atoms with Gasteiger partial charge in [0.25, 0.3) is 5.69 Å². The molecule has 1 aromatic carbocycles. The first kappa shape index (κ1) is 16.6. The Morgan fingerprint density at radius 3 is 2.75 bits per heavy atom. The van der Waals surface area contributed by atoms with E-state index in [2.05, 4.69) is 21.2 Å². The van der Waals surface area contributed by atoms with E-state index in [1.165, 1.54) is 6.07 Å². The molecule has 0 saturated heterocycles. The fraction of sp³-hybridized carbons (Fsp3) is 0.462. The summed E-state index contributed by atoms with van der Waals surface area (Å²) in [5, 5.41) is 14.0. The Morgan fingerprint density at radius 1 is 1.55 bits per heavy atom. The monoisotopic (exact) mass is 343 g/mol. The van der Waals surface area contributed by atoms with E-state index >= 15 is 0 Å². The van der Waals surface area contributed by atoms with Gasteiger partial charge in [-0.2, -0.15) is 0 Å². The molecule has 0 radical (unpaired) electrons. The predicted octanol–water partition coefficient (Wildman–Crippen LogP) is 2.31. The first-order chi connectivity index (χ1) is 9.36. The third-order valence-corrected chi connectivity index (χ3v) is 3.55. The molecule has 1 aromatic rings. The van der Waals surface area contributed by atoms with Crippen LogP contribution in [0.4, 0.5) is 5.69 Å². The van der Waals surface area contributed by atoms with E-state index in [1.807, 2.05) is 6.92 Å². The number of rotatable bonds is 6. The van der Waals surface area contributed by atoms with Gasteiger partial charge in [0.1, 0.15) is 0 Å². The number of nitro benzene ring substituents is 1. The van der Waals surface area contributed by atoms with E-state index in [4.69, 9.17) is 0 Å². The molecule has 0 spiro atoms. The van der Waals surface area contributed by atoms with E-state index in [9.17, 15) is 14.9 Å². The highest BCUT2D eigenvalue weighted by atomic mass is 79.9. The molecule has 0 aliphatic rings. The van der Waals surface area contributed by atoms with Gasteiger partial charge in [-0.3, -0.25) is 14.9 Å². The Kier molecular flexibility index (Phi) is 6.09. The van der Waals surface area contributed by atoms with Crippen molar-refractivity contribution in [2.75, 3.05) is 13.6 Å². The van der Waals surface area contributed by atoms with Crippen molar-refractivity contribution in [3.8, 4) is 0 Å². The van der Waals surface area contributed by atoms with Crippen LogP contribution >= 0.6 is 15.9 Å². The smallest absolute Gasteiger partial charge is 0.273 e. The first-order valence-electron chi connectivity index (χ1n) is 6.28. The molecule has 1 rings (SSSR count). The second-order valence-electron chi connectivity index (χ2n) is 4.49. The first-order valence-corrected chi connectivity index (χ1v) is 7.07. The van der Waals surface area contributed by atoms with Crippen molar-refractivity contribution >= 4 is 27.5 Å². The number of hydrogen-bond donors (Lipinski definition) is 1. The predicted molar refractivity (Wildman–Crippen MR) is 80.4 cm³/mol. The number of benzene rings is 1. The molecule has 1 atom stereocenters. The topological polar surface area (TPSA) is 75.5 Å². The van der Waals surface area contributed by atoms with Crippen LogP contribution in [0.15, 0.2) is 22.7 Å². The van der Waals surface area contributed by atoms with Gasteiger partial charge < -0.3 is 10.2 Å². The summed E-state index contributed by atoms with van der Waals surface area (Å²) in [6, 6.07) is 4.37. The van der Waals surface area contributed by atoms with Crippen molar-refractivity contribution in [2.45, 2.75) is 26.4 Å². The lowest BCUT2D eigenvalue weighted by Crippen LogP contribution is -2.42. The molecule has 7 heteroatoms. The van der Waals surface area contributed by atoms with E-state index in [-0.39, 0.29) is 18.1 Å². The number of amides is 1. The number of carbonyl (C=O) groups is 1. The molecule has 6 nitrogen and oxygen atoms in total. The summed E-state index contributed by atoms with van der Waals surface area (Å²) in [5.74, 6) is -0.0369. The highest BCUT2D eigenvalue weighted by molar-refractivity contribution is 9.10. The molecule has 0 bridgehead atoms. The molecular formula is C13H18BrN3O3. The lowest BCUT2D eigenvalue weighted by molar-refractivity contribution is -0.385. The number of nitrogens with one attached hydrogen (secondary N) is 1. The maximum absolute atomic E-state index is 11.9. The fourth-order valence-electron chi connectivity index (χ4n) is 1.71. The van der Waals surface area contributed by atoms with Gasteiger partial charge in [0.15, 0.2) is 0 Å². The zero-order chi connectivity index (χ0) is 15.3. The number of nitro groups is 1. The molecular weight excluding hydrogens is 326 g/mol. The van der Waals surface area contributed by atoms with Crippen molar-refractivity contribution in [3.63, 3.8) is 0 Å². The SMILES string of the molecule is CCN(C)C(=O)C(C)NCc1cc(Br)ccc1[N+](=O)[O-]. The maximum Gasteiger partial charge on any atom is 0.273 e. The summed E-state index contributed by atoms with van der Waals surface area (Å²) in [4.78, 5) is 24.0. The highest BCUT2D eigenvalue weighted by Gasteiger charge is 2.18. The van der Waals surface area contributed by atoms with E-state index < -0.39 is 11.0 Å². The zero-order valence-corrected chi connectivity index (χ0v) is 13.3. The van der Waals surface area contributed by atoms with Gasteiger partial charge in [0.05, 0.1) is 11.0 Å². The average Bonchev–Trinajstić information content (AvgIpc) is 2.42. The van der Waals surface area contributed by atoms with Gasteiger partial charge in [-0.05, 0) is 26.0 Å². The Morgan fingerprint density at radius 2 is 2.20 bits per heavy atom. The summed E-state index contributed by atoms with van der Waals surface area (Å²) >= 11 is 3.29. The number of carbonyl (C=O) groups excluding carboxylic acids is 1. The van der Waals surface area contributed by atoms with Crippen molar-refractivity contribution in [1.29, 1.82) is 0 Å². The minimum Gasteiger partial charge on any atom is -0.345 e. The fourth-order valence-corrected chi connectivity index (χ4v) is 2.12. The second-order valence-corrected chi connectivity index (χ2v) is 5.40. The van der Waals surface area contributed by atoms with E-state index in [0.717, 1.165) is 4.47 Å². The minimum atomic E-state index is -0.423. The van der Waals surface area contributed by atoms with Gasteiger partial charge in [0.2, 0.25) is 5.91 Å². The molecule has 110 valence electrons. The Hall–Kier alpha value is -1.47. The zero-order valence-electron chi connectivity index (χ0n) is 11.7. The summed E-state index contributed by atoms with van der Waals surface area (Å²) < 4.78 is 0.768. The van der Waals surface area contributed by atoms with Crippen LogP contribution in [0.3, 0.4) is 0 Å². The van der Waals surface area contributed by atoms with E-state index in [0.29, 0.717) is 12.1 Å². The standard InChI is InChI=1S/C13H18BrN3O3/c1-4-16(3)13(18)9(2)15-8-10-7-11(14)5-6-12(10)17(19)20/h5-7,9,15H,4,8H2,1-3H3. The van der Waals surface area contributed by atoms with Gasteiger partial charge in [-0.1, -0.05) is 15.9 Å². The lowest BCUT2D eigenvalue weighted by Gasteiger charge is -2.20. The van der Waals surface area contributed by atoms with E-state index in [1.54, 1.807) is 31.0 Å². The van der Waals surface area contributed by atoms with Gasteiger partial charge in [-0.15, -0.1) is 0 Å². The Balaban J connectivity index is 2.77. The Bertz CT molecular complexity index is 508. The Labute approximate surface area is 126 Å². The number of likely N-dealkylation sites (N-methyl/N-ethyl adjacent to an activating group) is 1. The van der Waals surface area contributed by atoms with Gasteiger partial charge >= 0.3 is 0 Å². The summed E-state index contributed by atoms with van der Waals surface area (Å²) in [6.07, 6.45) is 0. The largest absolute Gasteiger partial charge is 0.345 e. The van der Waals surface area contributed by atoms with Crippen molar-refractivity contribution in [2.24, 2.45) is 0 Å². The third-order valence-electron chi connectivity index (χ3n) is 3.06. The van der Waals surface area contributed by atoms with Crippen LogP contribution in [0.25, 0.3) is 0 Å². The number of halogens is 1. The molecule has 0 aromatic heterocycles. The highest BCUT2D eigenvalue weighted by Crippen LogP contribution is 2.22. The summed E-state index contributed by atoms with van der Waals surface area (Å²) in [7, 11) is 1.72. The molecule has 0 heterocycles. The molecule has 1 N–H and O–H groups in total. The van der Waals surface area contributed by atoms with Crippen LogP contribution in [0.2, 0.25) is 0 Å². The van der Waals surface area contributed by atoms with Gasteiger partial charge in [-0.25, -0.2) is 0 Å². The molecule has 20 heavy (non-hydrogen) atoms. The van der Waals surface area contributed by atoms with Crippen LogP contribution in [0, 0.1) is 10.1 Å². The van der Waals surface area contributed by atoms with Crippen molar-refractivity contribution in [1.82, 2.24) is 10.2 Å². The van der Waals surface area contributed by atoms with Gasteiger partial charge in [0, 0.05) is 36.2 Å². The third kappa shape index (κ3) is 4.28. The molecule has 1 unspecified atom stereocenters. The van der Waals surface area contributed by atoms with Crippen LogP contribution < -0.4 is 5.32 Å². The molecule has 0 aliphatic heterocycles. The normalized spacial score (nSPS) is 12.0. The number of hydrogen-bond acceptors (Lipinski definition) is 4. The van der Waals surface area contributed by atoms with Crippen LogP contribution in [0.1, 0.15) is 19.4 Å². The summed E-state index contributed by atoms with van der Waals surface area (Å²) in [6.45, 7) is 4.53. The lowest BCUT2D eigenvalue weighted by atomic mass is 10.1. The second kappa shape index (κ2) is 7.35. The minimum absolute atomic E-state index is 0.0369. The quantitative estimate of drug-likeness (QED) is 0.635. The molecule has 0 aliphatic carbocycles.